The molecule has 3 saturated carbocycles. The third kappa shape index (κ3) is 6.14. The molecule has 1 aromatic rings. The summed E-state index contributed by atoms with van der Waals surface area (Å²) in [6, 6.07) is 0. The van der Waals surface area contributed by atoms with E-state index in [1.54, 1.807) is 0 Å². The Hall–Kier alpha value is -1.18. The van der Waals surface area contributed by atoms with Crippen LogP contribution in [0, 0.1) is 43.4 Å². The Kier molecular flexibility index (Phi) is 9.28. The molecule has 0 saturated heterocycles. The molecule has 0 heterocycles. The SMILES string of the molecule is COc1c(C)c(CC2CCC(C)CC2)c(C)c(OC)c1CC1CCC(CC2CCCCC2)CC1. The molecule has 0 aliphatic heterocycles. The lowest BCUT2D eigenvalue weighted by molar-refractivity contribution is 0.210. The summed E-state index contributed by atoms with van der Waals surface area (Å²) in [7, 11) is 3.74. The predicted molar refractivity (Wildman–Crippen MR) is 144 cm³/mol. The fourth-order valence-electron chi connectivity index (χ4n) is 7.83. The summed E-state index contributed by atoms with van der Waals surface area (Å²) in [4.78, 5) is 0. The molecule has 0 atom stereocenters. The average molecular weight is 469 g/mol. The van der Waals surface area contributed by atoms with Crippen LogP contribution >= 0.6 is 0 Å². The molecule has 2 heteroatoms. The lowest BCUT2D eigenvalue weighted by Crippen LogP contribution is -2.21. The zero-order chi connectivity index (χ0) is 24.1. The van der Waals surface area contributed by atoms with Crippen LogP contribution in [0.3, 0.4) is 0 Å². The van der Waals surface area contributed by atoms with Crippen molar-refractivity contribution in [2.24, 2.45) is 29.6 Å². The fourth-order valence-corrected chi connectivity index (χ4v) is 7.83. The minimum absolute atomic E-state index is 0.773. The van der Waals surface area contributed by atoms with Gasteiger partial charge in [-0.3, -0.25) is 0 Å². The second-order valence-electron chi connectivity index (χ2n) is 12.4. The molecule has 0 spiro atoms. The van der Waals surface area contributed by atoms with Gasteiger partial charge in [0, 0.05) is 5.56 Å². The maximum Gasteiger partial charge on any atom is 0.128 e. The average Bonchev–Trinajstić information content (AvgIpc) is 2.85. The van der Waals surface area contributed by atoms with Crippen LogP contribution in [0.2, 0.25) is 0 Å². The van der Waals surface area contributed by atoms with Crippen molar-refractivity contribution in [3.8, 4) is 11.5 Å². The summed E-state index contributed by atoms with van der Waals surface area (Å²) >= 11 is 0. The second kappa shape index (κ2) is 12.2. The van der Waals surface area contributed by atoms with Gasteiger partial charge in [0.15, 0.2) is 0 Å². The Bertz CT molecular complexity index is 744. The zero-order valence-corrected chi connectivity index (χ0v) is 23.0. The number of hydrogen-bond donors (Lipinski definition) is 0. The maximum absolute atomic E-state index is 6.10. The first-order chi connectivity index (χ1) is 16.5. The van der Waals surface area contributed by atoms with Crippen molar-refractivity contribution in [3.05, 3.63) is 22.3 Å². The number of hydrogen-bond acceptors (Lipinski definition) is 2. The summed E-state index contributed by atoms with van der Waals surface area (Å²) < 4.78 is 12.2. The lowest BCUT2D eigenvalue weighted by atomic mass is 9.73. The highest BCUT2D eigenvalue weighted by molar-refractivity contribution is 5.59. The smallest absolute Gasteiger partial charge is 0.128 e. The van der Waals surface area contributed by atoms with Crippen molar-refractivity contribution in [1.29, 1.82) is 0 Å². The first-order valence-electron chi connectivity index (χ1n) is 14.7. The molecule has 1 aromatic carbocycles. The lowest BCUT2D eigenvalue weighted by Gasteiger charge is -2.33. The number of ether oxygens (including phenoxy) is 2. The molecule has 3 aliphatic carbocycles. The van der Waals surface area contributed by atoms with E-state index in [-0.39, 0.29) is 0 Å². The molecule has 0 radical (unpaired) electrons. The largest absolute Gasteiger partial charge is 0.496 e. The first kappa shape index (κ1) is 25.9. The van der Waals surface area contributed by atoms with Crippen molar-refractivity contribution < 1.29 is 9.47 Å². The molecule has 0 N–H and O–H groups in total. The molecule has 0 unspecified atom stereocenters. The van der Waals surface area contributed by atoms with Crippen LogP contribution in [0.5, 0.6) is 11.5 Å². The van der Waals surface area contributed by atoms with E-state index in [1.165, 1.54) is 119 Å². The number of methoxy groups -OCH3 is 2. The van der Waals surface area contributed by atoms with Crippen LogP contribution in [0.25, 0.3) is 0 Å². The fraction of sp³-hybridized carbons (Fsp3) is 0.812. The van der Waals surface area contributed by atoms with E-state index in [0.717, 1.165) is 47.5 Å². The molecule has 0 aromatic heterocycles. The summed E-state index contributed by atoms with van der Waals surface area (Å²) in [6.45, 7) is 7.02. The molecule has 4 rings (SSSR count). The third-order valence-electron chi connectivity index (χ3n) is 10.0. The van der Waals surface area contributed by atoms with Gasteiger partial charge < -0.3 is 9.47 Å². The van der Waals surface area contributed by atoms with Gasteiger partial charge in [0.2, 0.25) is 0 Å². The van der Waals surface area contributed by atoms with E-state index in [4.69, 9.17) is 9.47 Å². The highest BCUT2D eigenvalue weighted by Crippen LogP contribution is 2.45. The maximum atomic E-state index is 6.10. The van der Waals surface area contributed by atoms with E-state index >= 15 is 0 Å². The summed E-state index contributed by atoms with van der Waals surface area (Å²) in [5.41, 5.74) is 5.59. The second-order valence-corrected chi connectivity index (χ2v) is 12.4. The van der Waals surface area contributed by atoms with Gasteiger partial charge in [0.05, 0.1) is 14.2 Å². The van der Waals surface area contributed by atoms with Crippen molar-refractivity contribution in [3.63, 3.8) is 0 Å². The van der Waals surface area contributed by atoms with E-state index in [1.807, 2.05) is 14.2 Å². The molecular weight excluding hydrogens is 416 g/mol. The van der Waals surface area contributed by atoms with Gasteiger partial charge in [-0.05, 0) is 105 Å². The minimum atomic E-state index is 0.773. The summed E-state index contributed by atoms with van der Waals surface area (Å²) in [5.74, 6) is 6.73. The Morgan fingerprint density at radius 3 is 1.53 bits per heavy atom. The van der Waals surface area contributed by atoms with Gasteiger partial charge in [0.25, 0.3) is 0 Å². The summed E-state index contributed by atoms with van der Waals surface area (Å²) in [5, 5.41) is 0. The van der Waals surface area contributed by atoms with Gasteiger partial charge in [-0.1, -0.05) is 64.7 Å². The predicted octanol–water partition coefficient (Wildman–Crippen LogP) is 9.01. The van der Waals surface area contributed by atoms with Gasteiger partial charge >= 0.3 is 0 Å². The first-order valence-corrected chi connectivity index (χ1v) is 14.7. The van der Waals surface area contributed by atoms with Crippen LogP contribution in [-0.2, 0) is 12.8 Å². The van der Waals surface area contributed by atoms with E-state index in [9.17, 15) is 0 Å². The minimum Gasteiger partial charge on any atom is -0.496 e. The molecule has 0 amide bonds. The Morgan fingerprint density at radius 1 is 0.559 bits per heavy atom. The van der Waals surface area contributed by atoms with Crippen LogP contribution < -0.4 is 9.47 Å². The van der Waals surface area contributed by atoms with Gasteiger partial charge in [-0.15, -0.1) is 0 Å². The molecule has 192 valence electrons. The zero-order valence-electron chi connectivity index (χ0n) is 23.0. The molecular formula is C32H52O2. The van der Waals surface area contributed by atoms with Crippen molar-refractivity contribution in [1.82, 2.24) is 0 Å². The van der Waals surface area contributed by atoms with Crippen LogP contribution in [-0.4, -0.2) is 14.2 Å². The van der Waals surface area contributed by atoms with Crippen LogP contribution in [0.15, 0.2) is 0 Å². The Labute approximate surface area is 210 Å². The van der Waals surface area contributed by atoms with E-state index < -0.39 is 0 Å². The monoisotopic (exact) mass is 468 g/mol. The number of rotatable bonds is 8. The topological polar surface area (TPSA) is 18.5 Å². The number of benzene rings is 1. The molecule has 2 nitrogen and oxygen atoms in total. The Morgan fingerprint density at radius 2 is 1.00 bits per heavy atom. The quantitative estimate of drug-likeness (QED) is 0.379. The van der Waals surface area contributed by atoms with Gasteiger partial charge in [-0.2, -0.15) is 0 Å². The normalized spacial score (nSPS) is 28.6. The highest BCUT2D eigenvalue weighted by atomic mass is 16.5. The van der Waals surface area contributed by atoms with Gasteiger partial charge in [0.1, 0.15) is 11.5 Å². The van der Waals surface area contributed by atoms with Crippen LogP contribution in [0.1, 0.15) is 119 Å². The van der Waals surface area contributed by atoms with Crippen molar-refractivity contribution >= 4 is 0 Å². The van der Waals surface area contributed by atoms with Crippen molar-refractivity contribution in [2.45, 2.75) is 124 Å². The van der Waals surface area contributed by atoms with E-state index in [2.05, 4.69) is 20.8 Å². The Balaban J connectivity index is 1.44. The van der Waals surface area contributed by atoms with Crippen LogP contribution in [0.4, 0.5) is 0 Å². The molecule has 34 heavy (non-hydrogen) atoms. The molecule has 0 bridgehead atoms. The molecule has 3 fully saturated rings. The van der Waals surface area contributed by atoms with Crippen molar-refractivity contribution in [2.75, 3.05) is 14.2 Å². The third-order valence-corrected chi connectivity index (χ3v) is 10.0. The van der Waals surface area contributed by atoms with E-state index in [0.29, 0.717) is 0 Å². The standard InChI is InChI=1S/C32H52O2/c1-22-11-13-27(14-12-22)20-29-23(2)31(33-4)30(32(34-5)24(29)3)21-28-17-15-26(16-18-28)19-25-9-7-6-8-10-25/h22,25-28H,6-21H2,1-5H3. The highest BCUT2D eigenvalue weighted by Gasteiger charge is 2.29. The van der Waals surface area contributed by atoms with Gasteiger partial charge in [-0.25, -0.2) is 0 Å². The summed E-state index contributed by atoms with van der Waals surface area (Å²) in [6.07, 6.45) is 22.4. The molecule has 3 aliphatic rings.